The third kappa shape index (κ3) is 3.15. The third-order valence-electron chi connectivity index (χ3n) is 4.06. The number of aromatic nitrogens is 4. The van der Waals surface area contributed by atoms with Gasteiger partial charge in [0.1, 0.15) is 11.2 Å². The second kappa shape index (κ2) is 6.54. The van der Waals surface area contributed by atoms with Crippen molar-refractivity contribution in [2.24, 2.45) is 0 Å². The van der Waals surface area contributed by atoms with E-state index in [1.165, 1.54) is 0 Å². The molecule has 0 fully saturated rings. The van der Waals surface area contributed by atoms with Crippen molar-refractivity contribution in [3.63, 3.8) is 0 Å². The number of aromatic amines is 1. The molecule has 0 radical (unpaired) electrons. The standard InChI is InChI=1S/C17H19ClN4O/c1-3-13(4-2)22-16-14(10-19-22)17(23)21-15(20-16)9-11-6-5-7-12(18)8-11/h5-8,10,13H,3-4,9H2,1-2H3,(H,20,21,23). The maximum Gasteiger partial charge on any atom is 0.262 e. The molecule has 0 spiro atoms. The van der Waals surface area contributed by atoms with E-state index in [1.807, 2.05) is 28.9 Å². The number of halogens is 1. The Morgan fingerprint density at radius 3 is 2.78 bits per heavy atom. The predicted octanol–water partition coefficient (Wildman–Crippen LogP) is 3.72. The molecule has 0 atom stereocenters. The molecule has 0 saturated carbocycles. The van der Waals surface area contributed by atoms with E-state index in [-0.39, 0.29) is 11.6 Å². The van der Waals surface area contributed by atoms with Crippen molar-refractivity contribution in [1.82, 2.24) is 19.7 Å². The Morgan fingerprint density at radius 1 is 1.30 bits per heavy atom. The van der Waals surface area contributed by atoms with Gasteiger partial charge in [-0.05, 0) is 30.5 Å². The van der Waals surface area contributed by atoms with Crippen molar-refractivity contribution in [2.45, 2.75) is 39.2 Å². The van der Waals surface area contributed by atoms with E-state index in [0.29, 0.717) is 28.3 Å². The van der Waals surface area contributed by atoms with Crippen LogP contribution in [-0.4, -0.2) is 19.7 Å². The summed E-state index contributed by atoms with van der Waals surface area (Å²) in [5, 5.41) is 5.58. The summed E-state index contributed by atoms with van der Waals surface area (Å²) in [6.07, 6.45) is 4.03. The smallest absolute Gasteiger partial charge is 0.262 e. The topological polar surface area (TPSA) is 63.6 Å². The minimum atomic E-state index is -0.149. The van der Waals surface area contributed by atoms with E-state index in [0.717, 1.165) is 18.4 Å². The molecule has 0 aliphatic heterocycles. The fourth-order valence-corrected chi connectivity index (χ4v) is 3.02. The van der Waals surface area contributed by atoms with Gasteiger partial charge in [-0.15, -0.1) is 0 Å². The molecule has 3 rings (SSSR count). The molecule has 5 nitrogen and oxygen atoms in total. The van der Waals surface area contributed by atoms with Gasteiger partial charge in [0.25, 0.3) is 5.56 Å². The second-order valence-corrected chi connectivity index (χ2v) is 6.05. The van der Waals surface area contributed by atoms with E-state index in [1.54, 1.807) is 6.20 Å². The van der Waals surface area contributed by atoms with Crippen molar-refractivity contribution < 1.29 is 0 Å². The Hall–Kier alpha value is -2.14. The van der Waals surface area contributed by atoms with Crippen LogP contribution in [0.4, 0.5) is 0 Å². The van der Waals surface area contributed by atoms with Gasteiger partial charge in [-0.25, -0.2) is 9.67 Å². The first kappa shape index (κ1) is 15.7. The number of benzene rings is 1. The van der Waals surface area contributed by atoms with Crippen molar-refractivity contribution in [3.05, 3.63) is 57.2 Å². The molecule has 1 N–H and O–H groups in total. The molecule has 0 amide bonds. The van der Waals surface area contributed by atoms with E-state index < -0.39 is 0 Å². The summed E-state index contributed by atoms with van der Waals surface area (Å²) in [5.41, 5.74) is 1.51. The molecule has 23 heavy (non-hydrogen) atoms. The molecule has 1 aromatic carbocycles. The highest BCUT2D eigenvalue weighted by atomic mass is 35.5. The van der Waals surface area contributed by atoms with Crippen LogP contribution < -0.4 is 5.56 Å². The molecular formula is C17H19ClN4O. The molecular weight excluding hydrogens is 312 g/mol. The second-order valence-electron chi connectivity index (χ2n) is 5.62. The highest BCUT2D eigenvalue weighted by molar-refractivity contribution is 6.30. The van der Waals surface area contributed by atoms with Gasteiger partial charge in [0.05, 0.1) is 12.2 Å². The van der Waals surface area contributed by atoms with Gasteiger partial charge in [0.2, 0.25) is 0 Å². The highest BCUT2D eigenvalue weighted by Crippen LogP contribution is 2.20. The number of rotatable bonds is 5. The fourth-order valence-electron chi connectivity index (χ4n) is 2.81. The van der Waals surface area contributed by atoms with Gasteiger partial charge in [0, 0.05) is 11.4 Å². The van der Waals surface area contributed by atoms with Crippen molar-refractivity contribution in [2.75, 3.05) is 0 Å². The maximum atomic E-state index is 12.3. The number of H-pyrrole nitrogens is 1. The van der Waals surface area contributed by atoms with Crippen LogP contribution in [0.15, 0.2) is 35.3 Å². The normalized spacial score (nSPS) is 11.5. The zero-order valence-corrected chi connectivity index (χ0v) is 14.0. The zero-order valence-electron chi connectivity index (χ0n) is 13.2. The highest BCUT2D eigenvalue weighted by Gasteiger charge is 2.15. The molecule has 0 bridgehead atoms. The minimum Gasteiger partial charge on any atom is -0.310 e. The van der Waals surface area contributed by atoms with Crippen LogP contribution in [0.25, 0.3) is 11.0 Å². The summed E-state index contributed by atoms with van der Waals surface area (Å²) in [4.78, 5) is 19.8. The number of fused-ring (bicyclic) bond motifs is 1. The molecule has 2 aromatic heterocycles. The lowest BCUT2D eigenvalue weighted by Gasteiger charge is -2.13. The van der Waals surface area contributed by atoms with Crippen LogP contribution in [0.1, 0.15) is 44.1 Å². The molecule has 3 aromatic rings. The van der Waals surface area contributed by atoms with Crippen molar-refractivity contribution in [1.29, 1.82) is 0 Å². The average molecular weight is 331 g/mol. The molecule has 6 heteroatoms. The van der Waals surface area contributed by atoms with E-state index in [4.69, 9.17) is 11.6 Å². The largest absolute Gasteiger partial charge is 0.310 e. The van der Waals surface area contributed by atoms with Crippen LogP contribution in [-0.2, 0) is 6.42 Å². The maximum absolute atomic E-state index is 12.3. The Balaban J connectivity index is 2.05. The number of nitrogens with one attached hydrogen (secondary N) is 1. The van der Waals surface area contributed by atoms with Gasteiger partial charge in [0.15, 0.2) is 5.65 Å². The molecule has 0 saturated heterocycles. The van der Waals surface area contributed by atoms with Gasteiger partial charge in [-0.2, -0.15) is 5.10 Å². The lowest BCUT2D eigenvalue weighted by molar-refractivity contribution is 0.438. The summed E-state index contributed by atoms with van der Waals surface area (Å²) in [6, 6.07) is 7.81. The van der Waals surface area contributed by atoms with Crippen LogP contribution >= 0.6 is 11.6 Å². The molecule has 0 unspecified atom stereocenters. The molecule has 120 valence electrons. The van der Waals surface area contributed by atoms with Gasteiger partial charge in [-0.1, -0.05) is 37.6 Å². The van der Waals surface area contributed by atoms with E-state index in [9.17, 15) is 4.79 Å². The summed E-state index contributed by atoms with van der Waals surface area (Å²) < 4.78 is 1.87. The fraction of sp³-hybridized carbons (Fsp3) is 0.353. The monoisotopic (exact) mass is 330 g/mol. The molecule has 0 aliphatic rings. The Kier molecular flexibility index (Phi) is 4.48. The summed E-state index contributed by atoms with van der Waals surface area (Å²) in [6.45, 7) is 4.23. The van der Waals surface area contributed by atoms with Gasteiger partial charge >= 0.3 is 0 Å². The van der Waals surface area contributed by atoms with Crippen LogP contribution in [0.3, 0.4) is 0 Å². The summed E-state index contributed by atoms with van der Waals surface area (Å²) in [7, 11) is 0. The molecule has 0 aliphatic carbocycles. The Bertz CT molecular complexity index is 880. The third-order valence-corrected chi connectivity index (χ3v) is 4.30. The first-order chi connectivity index (χ1) is 11.1. The lowest BCUT2D eigenvalue weighted by Crippen LogP contribution is -2.15. The summed E-state index contributed by atoms with van der Waals surface area (Å²) in [5.74, 6) is 0.623. The van der Waals surface area contributed by atoms with Gasteiger partial charge < -0.3 is 4.98 Å². The van der Waals surface area contributed by atoms with Crippen molar-refractivity contribution >= 4 is 22.6 Å². The average Bonchev–Trinajstić information content (AvgIpc) is 2.93. The van der Waals surface area contributed by atoms with Crippen LogP contribution in [0.2, 0.25) is 5.02 Å². The van der Waals surface area contributed by atoms with E-state index >= 15 is 0 Å². The number of nitrogens with zero attached hydrogens (tertiary/aromatic N) is 3. The summed E-state index contributed by atoms with van der Waals surface area (Å²) >= 11 is 6.02. The molecule has 2 heterocycles. The van der Waals surface area contributed by atoms with Crippen molar-refractivity contribution in [3.8, 4) is 0 Å². The van der Waals surface area contributed by atoms with Crippen LogP contribution in [0, 0.1) is 0 Å². The van der Waals surface area contributed by atoms with E-state index in [2.05, 4.69) is 28.9 Å². The quantitative estimate of drug-likeness (QED) is 0.775. The number of hydrogen-bond donors (Lipinski definition) is 1. The first-order valence-corrected chi connectivity index (χ1v) is 8.21. The number of hydrogen-bond acceptors (Lipinski definition) is 3. The zero-order chi connectivity index (χ0) is 16.4. The van der Waals surface area contributed by atoms with Crippen LogP contribution in [0.5, 0.6) is 0 Å². The first-order valence-electron chi connectivity index (χ1n) is 7.83. The SMILES string of the molecule is CCC(CC)n1ncc2c(=O)[nH]c(Cc3cccc(Cl)c3)nc21. The lowest BCUT2D eigenvalue weighted by atomic mass is 10.1. The Morgan fingerprint density at radius 2 is 2.09 bits per heavy atom. The Labute approximate surface area is 139 Å². The minimum absolute atomic E-state index is 0.149. The van der Waals surface area contributed by atoms with Gasteiger partial charge in [-0.3, -0.25) is 4.79 Å². The predicted molar refractivity (Wildman–Crippen MR) is 92.0 cm³/mol.